The zero-order valence-corrected chi connectivity index (χ0v) is 13.7. The highest BCUT2D eigenvalue weighted by atomic mass is 35.5. The second kappa shape index (κ2) is 7.61. The van der Waals surface area contributed by atoms with Gasteiger partial charge in [-0.25, -0.2) is 0 Å². The highest BCUT2D eigenvalue weighted by Crippen LogP contribution is 2.21. The van der Waals surface area contributed by atoms with Crippen LogP contribution in [0.3, 0.4) is 0 Å². The monoisotopic (exact) mass is 323 g/mol. The smallest absolute Gasteiger partial charge is 0.253 e. The number of anilines is 1. The first-order valence-corrected chi connectivity index (χ1v) is 7.97. The van der Waals surface area contributed by atoms with Crippen LogP contribution in [0.1, 0.15) is 37.0 Å². The van der Waals surface area contributed by atoms with Crippen molar-refractivity contribution in [3.8, 4) is 0 Å². The number of benzene rings is 1. The Morgan fingerprint density at radius 3 is 2.59 bits per heavy atom. The molecule has 1 fully saturated rings. The van der Waals surface area contributed by atoms with E-state index in [0.29, 0.717) is 16.3 Å². The second-order valence-electron chi connectivity index (χ2n) is 5.84. The van der Waals surface area contributed by atoms with Crippen molar-refractivity contribution in [3.63, 3.8) is 0 Å². The number of hydrogen-bond acceptors (Lipinski definition) is 3. The molecule has 1 aliphatic heterocycles. The first-order valence-electron chi connectivity index (χ1n) is 7.59. The quantitative estimate of drug-likeness (QED) is 0.797. The molecule has 0 atom stereocenters. The molecule has 22 heavy (non-hydrogen) atoms. The fourth-order valence-corrected chi connectivity index (χ4v) is 2.50. The molecule has 3 N–H and O–H groups in total. The summed E-state index contributed by atoms with van der Waals surface area (Å²) in [7, 11) is 0. The lowest BCUT2D eigenvalue weighted by Gasteiger charge is -2.24. The highest BCUT2D eigenvalue weighted by Gasteiger charge is 2.19. The number of halogens is 1. The Bertz CT molecular complexity index is 554. The largest absolute Gasteiger partial charge is 0.349 e. The maximum Gasteiger partial charge on any atom is 0.253 e. The number of carbonyl (C=O) groups is 2. The molecule has 5 nitrogen and oxygen atoms in total. The van der Waals surface area contributed by atoms with Gasteiger partial charge in [-0.3, -0.25) is 9.59 Å². The van der Waals surface area contributed by atoms with E-state index in [-0.39, 0.29) is 23.8 Å². The number of carbonyl (C=O) groups excluding carboxylic acids is 2. The van der Waals surface area contributed by atoms with Crippen LogP contribution in [0.15, 0.2) is 18.2 Å². The van der Waals surface area contributed by atoms with Crippen molar-refractivity contribution in [1.82, 2.24) is 10.6 Å². The summed E-state index contributed by atoms with van der Waals surface area (Å²) in [4.78, 5) is 24.1. The van der Waals surface area contributed by atoms with Gasteiger partial charge in [0.15, 0.2) is 0 Å². The molecule has 0 spiro atoms. The van der Waals surface area contributed by atoms with E-state index in [1.807, 2.05) is 13.8 Å². The van der Waals surface area contributed by atoms with Crippen molar-refractivity contribution in [2.45, 2.75) is 32.7 Å². The maximum atomic E-state index is 12.4. The molecular weight excluding hydrogens is 302 g/mol. The molecule has 0 unspecified atom stereocenters. The molecule has 1 aliphatic rings. The summed E-state index contributed by atoms with van der Waals surface area (Å²) >= 11 is 6.12. The molecule has 0 bridgehead atoms. The molecule has 120 valence electrons. The molecule has 2 amide bonds. The van der Waals surface area contributed by atoms with Crippen molar-refractivity contribution >= 4 is 29.1 Å². The molecule has 6 heteroatoms. The molecule has 1 aromatic carbocycles. The molecule has 0 aromatic heterocycles. The number of piperidine rings is 1. The van der Waals surface area contributed by atoms with Crippen molar-refractivity contribution in [3.05, 3.63) is 28.8 Å². The van der Waals surface area contributed by atoms with Crippen LogP contribution in [-0.2, 0) is 4.79 Å². The van der Waals surface area contributed by atoms with Gasteiger partial charge in [0, 0.05) is 17.6 Å². The second-order valence-corrected chi connectivity index (χ2v) is 6.24. The van der Waals surface area contributed by atoms with E-state index >= 15 is 0 Å². The lowest BCUT2D eigenvalue weighted by molar-refractivity contribution is -0.118. The number of rotatable bonds is 4. The van der Waals surface area contributed by atoms with Crippen molar-refractivity contribution < 1.29 is 9.59 Å². The Morgan fingerprint density at radius 2 is 1.95 bits per heavy atom. The minimum Gasteiger partial charge on any atom is -0.349 e. The van der Waals surface area contributed by atoms with E-state index in [1.165, 1.54) is 0 Å². The summed E-state index contributed by atoms with van der Waals surface area (Å²) in [5, 5.41) is 9.42. The van der Waals surface area contributed by atoms with Gasteiger partial charge in [-0.05, 0) is 44.1 Å². The summed E-state index contributed by atoms with van der Waals surface area (Å²) in [5.74, 6) is -0.410. The number of hydrogen-bond donors (Lipinski definition) is 3. The molecule has 0 aliphatic carbocycles. The van der Waals surface area contributed by atoms with Crippen LogP contribution in [0.4, 0.5) is 5.69 Å². The van der Waals surface area contributed by atoms with Gasteiger partial charge < -0.3 is 16.0 Å². The van der Waals surface area contributed by atoms with E-state index in [1.54, 1.807) is 18.2 Å². The van der Waals surface area contributed by atoms with Gasteiger partial charge in [0.1, 0.15) is 0 Å². The van der Waals surface area contributed by atoms with Gasteiger partial charge in [-0.2, -0.15) is 0 Å². The zero-order valence-electron chi connectivity index (χ0n) is 12.9. The summed E-state index contributed by atoms with van der Waals surface area (Å²) in [5.41, 5.74) is 0.973. The average molecular weight is 324 g/mol. The van der Waals surface area contributed by atoms with Crippen LogP contribution in [0, 0.1) is 5.92 Å². The van der Waals surface area contributed by atoms with Crippen LogP contribution in [0.5, 0.6) is 0 Å². The lowest BCUT2D eigenvalue weighted by atomic mass is 10.1. The Kier molecular flexibility index (Phi) is 5.80. The summed E-state index contributed by atoms with van der Waals surface area (Å²) in [6.45, 7) is 5.44. The summed E-state index contributed by atoms with van der Waals surface area (Å²) in [6.07, 6.45) is 1.82. The standard InChI is InChI=1S/C16H22ClN3O2/c1-10(2)15(21)20-12-3-4-14(17)13(9-12)16(22)19-11-5-7-18-8-6-11/h3-4,9-11,18H,5-8H2,1-2H3,(H,19,22)(H,20,21). The average Bonchev–Trinajstić information content (AvgIpc) is 2.50. The Labute approximate surface area is 135 Å². The topological polar surface area (TPSA) is 70.2 Å². The lowest BCUT2D eigenvalue weighted by Crippen LogP contribution is -2.42. The predicted molar refractivity (Wildman–Crippen MR) is 88.3 cm³/mol. The zero-order chi connectivity index (χ0) is 16.1. The Balaban J connectivity index is 2.08. The molecule has 1 saturated heterocycles. The van der Waals surface area contributed by atoms with Gasteiger partial charge >= 0.3 is 0 Å². The minimum atomic E-state index is -0.197. The first-order chi connectivity index (χ1) is 10.5. The maximum absolute atomic E-state index is 12.4. The van der Waals surface area contributed by atoms with Crippen LogP contribution in [-0.4, -0.2) is 30.9 Å². The normalized spacial score (nSPS) is 15.6. The molecular formula is C16H22ClN3O2. The van der Waals surface area contributed by atoms with E-state index in [0.717, 1.165) is 25.9 Å². The molecule has 2 rings (SSSR count). The van der Waals surface area contributed by atoms with Gasteiger partial charge in [0.25, 0.3) is 5.91 Å². The third-order valence-corrected chi connectivity index (χ3v) is 4.01. The molecule has 0 saturated carbocycles. The van der Waals surface area contributed by atoms with Gasteiger partial charge in [-0.15, -0.1) is 0 Å². The van der Waals surface area contributed by atoms with Crippen molar-refractivity contribution in [2.24, 2.45) is 5.92 Å². The third kappa shape index (κ3) is 4.45. The first kappa shape index (κ1) is 16.8. The van der Waals surface area contributed by atoms with Gasteiger partial charge in [0.2, 0.25) is 5.91 Å². The van der Waals surface area contributed by atoms with Crippen LogP contribution < -0.4 is 16.0 Å². The van der Waals surface area contributed by atoms with E-state index in [4.69, 9.17) is 11.6 Å². The highest BCUT2D eigenvalue weighted by molar-refractivity contribution is 6.34. The predicted octanol–water partition coefficient (Wildman–Crippen LogP) is 2.42. The van der Waals surface area contributed by atoms with Crippen molar-refractivity contribution in [2.75, 3.05) is 18.4 Å². The van der Waals surface area contributed by atoms with Gasteiger partial charge in [0.05, 0.1) is 10.6 Å². The summed E-state index contributed by atoms with van der Waals surface area (Å²) < 4.78 is 0. The van der Waals surface area contributed by atoms with Crippen LogP contribution >= 0.6 is 11.6 Å². The molecule has 1 heterocycles. The van der Waals surface area contributed by atoms with E-state index < -0.39 is 0 Å². The Morgan fingerprint density at radius 1 is 1.27 bits per heavy atom. The molecule has 1 aromatic rings. The minimum absolute atomic E-state index is 0.0907. The van der Waals surface area contributed by atoms with E-state index in [9.17, 15) is 9.59 Å². The van der Waals surface area contributed by atoms with Crippen LogP contribution in [0.25, 0.3) is 0 Å². The van der Waals surface area contributed by atoms with Crippen molar-refractivity contribution in [1.29, 1.82) is 0 Å². The van der Waals surface area contributed by atoms with Crippen LogP contribution in [0.2, 0.25) is 5.02 Å². The Hall–Kier alpha value is -1.59. The SMILES string of the molecule is CC(C)C(=O)Nc1ccc(Cl)c(C(=O)NC2CCNCC2)c1. The van der Waals surface area contributed by atoms with E-state index in [2.05, 4.69) is 16.0 Å². The summed E-state index contributed by atoms with van der Waals surface area (Å²) in [6, 6.07) is 5.12. The number of nitrogens with one attached hydrogen (secondary N) is 3. The number of amides is 2. The third-order valence-electron chi connectivity index (χ3n) is 3.68. The van der Waals surface area contributed by atoms with Gasteiger partial charge in [-0.1, -0.05) is 25.4 Å². The fourth-order valence-electron chi connectivity index (χ4n) is 2.29. The molecule has 0 radical (unpaired) electrons. The fraction of sp³-hybridized carbons (Fsp3) is 0.500.